The molecule has 1 heterocycles. The van der Waals surface area contributed by atoms with E-state index >= 15 is 0 Å². The van der Waals surface area contributed by atoms with E-state index in [0.717, 1.165) is 21.6 Å². The van der Waals surface area contributed by atoms with Gasteiger partial charge in [-0.25, -0.2) is 9.07 Å². The lowest BCUT2D eigenvalue weighted by Gasteiger charge is -2.05. The van der Waals surface area contributed by atoms with Crippen molar-refractivity contribution in [3.05, 3.63) is 75.7 Å². The van der Waals surface area contributed by atoms with Crippen molar-refractivity contribution in [1.29, 1.82) is 0 Å². The van der Waals surface area contributed by atoms with Gasteiger partial charge >= 0.3 is 0 Å². The molecule has 0 radical (unpaired) electrons. The van der Waals surface area contributed by atoms with E-state index < -0.39 is 0 Å². The van der Waals surface area contributed by atoms with Crippen LogP contribution in [-0.4, -0.2) is 17.4 Å². The van der Waals surface area contributed by atoms with E-state index in [-0.39, 0.29) is 5.82 Å². The van der Waals surface area contributed by atoms with Gasteiger partial charge in [-0.3, -0.25) is 4.99 Å². The molecule has 0 aliphatic rings. The fourth-order valence-corrected chi connectivity index (χ4v) is 3.47. The Morgan fingerprint density at radius 1 is 1.08 bits per heavy atom. The number of nitrogens with zero attached hydrogens (tertiary/aromatic N) is 3. The summed E-state index contributed by atoms with van der Waals surface area (Å²) in [6.07, 6.45) is 1.83. The number of thiazole rings is 1. The van der Waals surface area contributed by atoms with Crippen LogP contribution in [0.5, 0.6) is 0 Å². The fourth-order valence-electron chi connectivity index (χ4n) is 2.56. The first-order valence-electron chi connectivity index (χ1n) is 8.69. The van der Waals surface area contributed by atoms with Crippen molar-refractivity contribution in [3.8, 4) is 11.3 Å². The summed E-state index contributed by atoms with van der Waals surface area (Å²) in [5.41, 5.74) is 4.14. The SMILES string of the molecule is CCN=c1scc(-c2ccc(F)cc2)n1/N=C\c1ccc(C(C)C)cc1. The minimum Gasteiger partial charge on any atom is -0.258 e. The molecule has 3 aromatic rings. The van der Waals surface area contributed by atoms with Gasteiger partial charge in [-0.2, -0.15) is 5.10 Å². The van der Waals surface area contributed by atoms with Crippen LogP contribution >= 0.6 is 11.3 Å². The largest absolute Gasteiger partial charge is 0.258 e. The molecule has 0 saturated heterocycles. The van der Waals surface area contributed by atoms with Crippen LogP contribution in [0.25, 0.3) is 11.3 Å². The van der Waals surface area contributed by atoms with Gasteiger partial charge in [-0.1, -0.05) is 38.1 Å². The third-order valence-electron chi connectivity index (χ3n) is 4.04. The first-order chi connectivity index (χ1) is 12.6. The molecule has 134 valence electrons. The van der Waals surface area contributed by atoms with Gasteiger partial charge in [0.1, 0.15) is 5.82 Å². The molecule has 0 bridgehead atoms. The summed E-state index contributed by atoms with van der Waals surface area (Å²) in [5, 5.41) is 6.64. The van der Waals surface area contributed by atoms with Crippen LogP contribution in [0.2, 0.25) is 0 Å². The highest BCUT2D eigenvalue weighted by molar-refractivity contribution is 7.07. The molecule has 0 unspecified atom stereocenters. The number of hydrogen-bond acceptors (Lipinski definition) is 3. The van der Waals surface area contributed by atoms with E-state index in [9.17, 15) is 4.39 Å². The Morgan fingerprint density at radius 3 is 2.38 bits per heavy atom. The van der Waals surface area contributed by atoms with E-state index in [2.05, 4.69) is 48.2 Å². The first-order valence-corrected chi connectivity index (χ1v) is 9.57. The van der Waals surface area contributed by atoms with Crippen LogP contribution in [0.1, 0.15) is 37.8 Å². The summed E-state index contributed by atoms with van der Waals surface area (Å²) < 4.78 is 15.1. The lowest BCUT2D eigenvalue weighted by Crippen LogP contribution is -2.12. The predicted octanol–water partition coefficient (Wildman–Crippen LogP) is 5.28. The Hall–Kier alpha value is -2.53. The number of benzene rings is 2. The van der Waals surface area contributed by atoms with Crippen molar-refractivity contribution < 1.29 is 4.39 Å². The monoisotopic (exact) mass is 367 g/mol. The molecule has 0 fully saturated rings. The number of halogens is 1. The van der Waals surface area contributed by atoms with Gasteiger partial charge in [0.15, 0.2) is 0 Å². The maximum atomic E-state index is 13.2. The summed E-state index contributed by atoms with van der Waals surface area (Å²) in [4.78, 5) is 5.33. The molecule has 0 aliphatic carbocycles. The van der Waals surface area contributed by atoms with Crippen LogP contribution in [-0.2, 0) is 0 Å². The second kappa shape index (κ2) is 8.23. The summed E-state index contributed by atoms with van der Waals surface area (Å²) in [6, 6.07) is 14.8. The molecule has 1 aromatic heterocycles. The summed E-state index contributed by atoms with van der Waals surface area (Å²) >= 11 is 1.53. The van der Waals surface area contributed by atoms with Gasteiger partial charge in [0.05, 0.1) is 11.9 Å². The molecule has 0 saturated carbocycles. The summed E-state index contributed by atoms with van der Waals surface area (Å²) in [7, 11) is 0. The normalized spacial score (nSPS) is 12.4. The molecule has 3 rings (SSSR count). The number of rotatable bonds is 5. The Bertz CT molecular complexity index is 948. The van der Waals surface area contributed by atoms with E-state index in [4.69, 9.17) is 0 Å². The minimum atomic E-state index is -0.247. The van der Waals surface area contributed by atoms with E-state index in [0.29, 0.717) is 12.5 Å². The van der Waals surface area contributed by atoms with Gasteiger partial charge in [0.25, 0.3) is 0 Å². The van der Waals surface area contributed by atoms with Gasteiger partial charge < -0.3 is 0 Å². The Balaban J connectivity index is 1.98. The molecule has 3 nitrogen and oxygen atoms in total. The average Bonchev–Trinajstić information content (AvgIpc) is 3.04. The standard InChI is InChI=1S/C21H22FN3S/c1-4-23-21-25(20(14-26-21)18-9-11-19(22)12-10-18)24-13-16-5-7-17(8-6-16)15(2)3/h5-15H,4H2,1-3H3/b23-21?,24-13-. The van der Waals surface area contributed by atoms with Crippen LogP contribution in [0, 0.1) is 5.82 Å². The highest BCUT2D eigenvalue weighted by Gasteiger charge is 2.07. The third-order valence-corrected chi connectivity index (χ3v) is 4.90. The van der Waals surface area contributed by atoms with Gasteiger partial charge in [0.2, 0.25) is 4.80 Å². The zero-order valence-corrected chi connectivity index (χ0v) is 16.0. The van der Waals surface area contributed by atoms with Crippen molar-refractivity contribution >= 4 is 17.6 Å². The highest BCUT2D eigenvalue weighted by Crippen LogP contribution is 2.20. The van der Waals surface area contributed by atoms with Crippen LogP contribution in [0.4, 0.5) is 4.39 Å². The molecule has 0 atom stereocenters. The average molecular weight is 367 g/mol. The molecule has 0 amide bonds. The molecule has 2 aromatic carbocycles. The summed E-state index contributed by atoms with van der Waals surface area (Å²) in [6.45, 7) is 7.04. The summed E-state index contributed by atoms with van der Waals surface area (Å²) in [5.74, 6) is 0.259. The van der Waals surface area contributed by atoms with E-state index in [1.165, 1.54) is 29.0 Å². The number of aromatic nitrogens is 1. The second-order valence-corrected chi connectivity index (χ2v) is 7.10. The van der Waals surface area contributed by atoms with Crippen molar-refractivity contribution in [2.75, 3.05) is 6.54 Å². The lowest BCUT2D eigenvalue weighted by atomic mass is 10.0. The van der Waals surface area contributed by atoms with Crippen molar-refractivity contribution in [2.24, 2.45) is 10.1 Å². The minimum absolute atomic E-state index is 0.247. The third kappa shape index (κ3) is 4.17. The molecule has 5 heteroatoms. The Kier molecular flexibility index (Phi) is 5.78. The fraction of sp³-hybridized carbons (Fsp3) is 0.238. The molecule has 0 spiro atoms. The van der Waals surface area contributed by atoms with Crippen molar-refractivity contribution in [3.63, 3.8) is 0 Å². The van der Waals surface area contributed by atoms with Gasteiger partial charge in [0, 0.05) is 17.5 Å². The van der Waals surface area contributed by atoms with Crippen LogP contribution < -0.4 is 4.80 Å². The molecule has 26 heavy (non-hydrogen) atoms. The Labute approximate surface area is 157 Å². The Morgan fingerprint density at radius 2 is 1.77 bits per heavy atom. The zero-order chi connectivity index (χ0) is 18.5. The van der Waals surface area contributed by atoms with Crippen molar-refractivity contribution in [2.45, 2.75) is 26.7 Å². The topological polar surface area (TPSA) is 29.6 Å². The molecular weight excluding hydrogens is 345 g/mol. The predicted molar refractivity (Wildman–Crippen MR) is 107 cm³/mol. The van der Waals surface area contributed by atoms with Crippen LogP contribution in [0.15, 0.2) is 64.0 Å². The van der Waals surface area contributed by atoms with Gasteiger partial charge in [-0.15, -0.1) is 11.3 Å². The first kappa shape index (κ1) is 18.3. The van der Waals surface area contributed by atoms with E-state index in [1.54, 1.807) is 12.1 Å². The molecule has 0 N–H and O–H groups in total. The number of hydrogen-bond donors (Lipinski definition) is 0. The van der Waals surface area contributed by atoms with Crippen LogP contribution in [0.3, 0.4) is 0 Å². The molecule has 0 aliphatic heterocycles. The van der Waals surface area contributed by atoms with E-state index in [1.807, 2.05) is 23.2 Å². The second-order valence-electron chi connectivity index (χ2n) is 6.26. The maximum absolute atomic E-state index is 13.2. The van der Waals surface area contributed by atoms with Gasteiger partial charge in [-0.05, 0) is 48.2 Å². The maximum Gasteiger partial charge on any atom is 0.206 e. The smallest absolute Gasteiger partial charge is 0.206 e. The zero-order valence-electron chi connectivity index (χ0n) is 15.2. The lowest BCUT2D eigenvalue weighted by molar-refractivity contribution is 0.628. The van der Waals surface area contributed by atoms with Crippen molar-refractivity contribution in [1.82, 2.24) is 4.68 Å². The molecular formula is C21H22FN3S. The quantitative estimate of drug-likeness (QED) is 0.549. The highest BCUT2D eigenvalue weighted by atomic mass is 32.1.